The van der Waals surface area contributed by atoms with Crippen molar-refractivity contribution in [3.05, 3.63) is 70.4 Å². The maximum absolute atomic E-state index is 13.1. The van der Waals surface area contributed by atoms with Crippen LogP contribution in [0.2, 0.25) is 5.02 Å². The van der Waals surface area contributed by atoms with E-state index in [1.807, 2.05) is 62.3 Å². The first-order chi connectivity index (χ1) is 19.1. The number of hydrogen-bond donors (Lipinski definition) is 3. The van der Waals surface area contributed by atoms with Crippen LogP contribution in [0.4, 0.5) is 22.1 Å². The zero-order valence-electron chi connectivity index (χ0n) is 22.7. The van der Waals surface area contributed by atoms with Crippen molar-refractivity contribution in [2.24, 2.45) is 17.8 Å². The van der Waals surface area contributed by atoms with Crippen molar-refractivity contribution in [2.45, 2.75) is 19.3 Å². The van der Waals surface area contributed by atoms with E-state index in [4.69, 9.17) is 27.2 Å². The topological polar surface area (TPSA) is 128 Å². The molecule has 4 heterocycles. The van der Waals surface area contributed by atoms with Gasteiger partial charge < -0.3 is 20.7 Å². The normalized spacial score (nSPS) is 15.7. The molecule has 2 aliphatic rings. The lowest BCUT2D eigenvalue weighted by molar-refractivity contribution is -0.0522. The Labute approximate surface area is 236 Å². The average molecular weight is 560 g/mol. The van der Waals surface area contributed by atoms with Crippen molar-refractivity contribution in [3.8, 4) is 16.9 Å². The average Bonchev–Trinajstić information content (AvgIpc) is 3.48. The number of nitrogens with one attached hydrogen (secondary N) is 2. The van der Waals surface area contributed by atoms with Gasteiger partial charge in [-0.3, -0.25) is 10.00 Å². The van der Waals surface area contributed by atoms with Crippen molar-refractivity contribution in [1.29, 1.82) is 0 Å². The first-order valence-corrected chi connectivity index (χ1v) is 13.2. The van der Waals surface area contributed by atoms with E-state index >= 15 is 0 Å². The number of carbonyl (C=O) groups excluding carboxylic acids is 1. The summed E-state index contributed by atoms with van der Waals surface area (Å²) in [6.07, 6.45) is 0. The molecule has 40 heavy (non-hydrogen) atoms. The largest absolute Gasteiger partial charge is 0.383 e. The number of nitrogens with zero attached hydrogens (tertiary/aromatic N) is 6. The van der Waals surface area contributed by atoms with E-state index < -0.39 is 6.03 Å². The molecule has 2 aromatic heterocycles. The van der Waals surface area contributed by atoms with Gasteiger partial charge in [-0.2, -0.15) is 10.2 Å². The standard InChI is InChI=1S/C28H30ClN9O2/c1-16-5-8-18(9-6-16)38-22(12-21(34-38)28(2)13-40-14-28)33-27(39)32-20-10-7-17(11-19(20)29)24-23-25(30)31-15-36(3)26(23)37(4)35-24/h5-12H,13-15H2,1-4H3,(H2,30,31)(H2,32,33,39). The molecule has 0 saturated carbocycles. The van der Waals surface area contributed by atoms with Gasteiger partial charge >= 0.3 is 6.03 Å². The van der Waals surface area contributed by atoms with Gasteiger partial charge in [-0.05, 0) is 38.1 Å². The molecule has 4 N–H and O–H groups in total. The molecule has 4 aromatic rings. The molecule has 206 valence electrons. The second kappa shape index (κ2) is 9.68. The van der Waals surface area contributed by atoms with Gasteiger partial charge in [0.05, 0.1) is 46.3 Å². The third-order valence-corrected chi connectivity index (χ3v) is 7.58. The van der Waals surface area contributed by atoms with Crippen LogP contribution in [0.25, 0.3) is 16.9 Å². The number of urea groups is 1. The smallest absolute Gasteiger partial charge is 0.324 e. The molecule has 2 aliphatic heterocycles. The maximum atomic E-state index is 13.1. The highest BCUT2D eigenvalue weighted by Gasteiger charge is 2.38. The van der Waals surface area contributed by atoms with Gasteiger partial charge in [0.1, 0.15) is 29.8 Å². The van der Waals surface area contributed by atoms with Crippen LogP contribution in [-0.2, 0) is 17.2 Å². The van der Waals surface area contributed by atoms with Gasteiger partial charge in [-0.1, -0.05) is 35.4 Å². The quantitative estimate of drug-likeness (QED) is 0.335. The van der Waals surface area contributed by atoms with Gasteiger partial charge in [0.2, 0.25) is 0 Å². The fourth-order valence-electron chi connectivity index (χ4n) is 4.96. The fourth-order valence-corrected chi connectivity index (χ4v) is 5.18. The molecule has 0 aliphatic carbocycles. The van der Waals surface area contributed by atoms with E-state index in [9.17, 15) is 4.79 Å². The van der Waals surface area contributed by atoms with Crippen LogP contribution in [-0.4, -0.2) is 58.4 Å². The molecule has 2 amide bonds. The van der Waals surface area contributed by atoms with Crippen LogP contribution in [0.1, 0.15) is 23.7 Å². The summed E-state index contributed by atoms with van der Waals surface area (Å²) in [7, 11) is 3.80. The Hall–Kier alpha value is -4.35. The SMILES string of the molecule is Cc1ccc(-n2nc(C3(C)COC3)cc2NC(=O)Nc2ccc(-c3nn(C)c4c3C(N)=NCN4C)cc2Cl)cc1. The minimum Gasteiger partial charge on any atom is -0.383 e. The highest BCUT2D eigenvalue weighted by Crippen LogP contribution is 2.36. The number of aliphatic imine (C=N–C) groups is 1. The molecule has 6 rings (SSSR count). The Morgan fingerprint density at radius 3 is 2.50 bits per heavy atom. The van der Waals surface area contributed by atoms with Crippen LogP contribution in [0, 0.1) is 6.92 Å². The van der Waals surface area contributed by atoms with Crippen LogP contribution in [0.15, 0.2) is 53.5 Å². The molecule has 2 aromatic carbocycles. The summed E-state index contributed by atoms with van der Waals surface area (Å²) in [5, 5.41) is 15.6. The molecule has 12 heteroatoms. The Morgan fingerprint density at radius 2 is 1.82 bits per heavy atom. The fraction of sp³-hybridized carbons (Fsp3) is 0.286. The number of aryl methyl sites for hydroxylation is 2. The number of halogens is 1. The highest BCUT2D eigenvalue weighted by atomic mass is 35.5. The highest BCUT2D eigenvalue weighted by molar-refractivity contribution is 6.34. The van der Waals surface area contributed by atoms with Gasteiger partial charge in [-0.25, -0.2) is 14.5 Å². The van der Waals surface area contributed by atoms with Crippen molar-refractivity contribution < 1.29 is 9.53 Å². The minimum absolute atomic E-state index is 0.199. The van der Waals surface area contributed by atoms with Gasteiger partial charge in [0.15, 0.2) is 0 Å². The number of amides is 2. The van der Waals surface area contributed by atoms with Crippen LogP contribution >= 0.6 is 11.6 Å². The van der Waals surface area contributed by atoms with E-state index in [2.05, 4.69) is 27.6 Å². The predicted molar refractivity (Wildman–Crippen MR) is 157 cm³/mol. The summed E-state index contributed by atoms with van der Waals surface area (Å²) in [5.74, 6) is 1.85. The lowest BCUT2D eigenvalue weighted by atomic mass is 9.85. The first kappa shape index (κ1) is 25.9. The van der Waals surface area contributed by atoms with E-state index in [-0.39, 0.29) is 5.41 Å². The summed E-state index contributed by atoms with van der Waals surface area (Å²) in [6, 6.07) is 14.7. The van der Waals surface area contributed by atoms with Crippen LogP contribution < -0.4 is 21.3 Å². The molecule has 0 atom stereocenters. The van der Waals surface area contributed by atoms with Crippen LogP contribution in [0.5, 0.6) is 0 Å². The van der Waals surface area contributed by atoms with E-state index in [0.29, 0.717) is 47.9 Å². The number of amidine groups is 1. The van der Waals surface area contributed by atoms with Crippen molar-refractivity contribution >= 4 is 40.8 Å². The Morgan fingerprint density at radius 1 is 1.07 bits per heavy atom. The van der Waals surface area contributed by atoms with Gasteiger partial charge in [0, 0.05) is 25.7 Å². The molecule has 1 fully saturated rings. The predicted octanol–water partition coefficient (Wildman–Crippen LogP) is 4.28. The van der Waals surface area contributed by atoms with E-state index in [1.165, 1.54) is 0 Å². The second-order valence-corrected chi connectivity index (χ2v) is 11.0. The van der Waals surface area contributed by atoms with Gasteiger partial charge in [0.25, 0.3) is 0 Å². The first-order valence-electron chi connectivity index (χ1n) is 12.8. The number of fused-ring (bicyclic) bond motifs is 1. The minimum atomic E-state index is -0.447. The maximum Gasteiger partial charge on any atom is 0.324 e. The van der Waals surface area contributed by atoms with Crippen LogP contribution in [0.3, 0.4) is 0 Å². The third-order valence-electron chi connectivity index (χ3n) is 7.27. The number of rotatable bonds is 5. The van der Waals surface area contributed by atoms with Crippen molar-refractivity contribution in [1.82, 2.24) is 19.6 Å². The molecule has 11 nitrogen and oxygen atoms in total. The Balaban J connectivity index is 1.25. The number of ether oxygens (including phenoxy) is 1. The summed E-state index contributed by atoms with van der Waals surface area (Å²) < 4.78 is 8.95. The molecular formula is C28H30ClN9O2. The van der Waals surface area contributed by atoms with Gasteiger partial charge in [-0.15, -0.1) is 0 Å². The number of hydrogen-bond acceptors (Lipinski definition) is 7. The third kappa shape index (κ3) is 4.46. The number of nitrogens with two attached hydrogens (primary N) is 1. The van der Waals surface area contributed by atoms with E-state index in [0.717, 1.165) is 33.9 Å². The summed E-state index contributed by atoms with van der Waals surface area (Å²) >= 11 is 6.63. The number of aromatic nitrogens is 4. The molecule has 1 saturated heterocycles. The molecule has 0 radical (unpaired) electrons. The number of carbonyl (C=O) groups is 1. The zero-order valence-corrected chi connectivity index (χ0v) is 23.5. The molecule has 0 unspecified atom stereocenters. The van der Waals surface area contributed by atoms with E-state index in [1.54, 1.807) is 21.5 Å². The number of benzene rings is 2. The molecule has 0 spiro atoms. The van der Waals surface area contributed by atoms with Crippen molar-refractivity contribution in [2.75, 3.05) is 42.5 Å². The lowest BCUT2D eigenvalue weighted by Gasteiger charge is -2.36. The summed E-state index contributed by atoms with van der Waals surface area (Å²) in [6.45, 7) is 5.75. The number of anilines is 3. The molecular weight excluding hydrogens is 530 g/mol. The van der Waals surface area contributed by atoms with Crippen molar-refractivity contribution in [3.63, 3.8) is 0 Å². The zero-order chi connectivity index (χ0) is 28.2. The Kier molecular flexibility index (Phi) is 6.27. The lowest BCUT2D eigenvalue weighted by Crippen LogP contribution is -2.44. The summed E-state index contributed by atoms with van der Waals surface area (Å²) in [5.41, 5.74) is 11.5. The summed E-state index contributed by atoms with van der Waals surface area (Å²) in [4.78, 5) is 19.5. The second-order valence-electron chi connectivity index (χ2n) is 10.5. The monoisotopic (exact) mass is 559 g/mol. The Bertz CT molecular complexity index is 1650. The molecule has 0 bridgehead atoms.